The Hall–Kier alpha value is -1.25. The molecule has 3 N–H and O–H groups in total. The highest BCUT2D eigenvalue weighted by molar-refractivity contribution is 7.98. The Balaban J connectivity index is 2.30. The highest BCUT2D eigenvalue weighted by Crippen LogP contribution is 2.19. The van der Waals surface area contributed by atoms with Gasteiger partial charge < -0.3 is 5.73 Å². The fourth-order valence-electron chi connectivity index (χ4n) is 1.75. The number of hydrogen-bond acceptors (Lipinski definition) is 5. The molecular formula is C11H16N4O2S2. The molecule has 2 rings (SSSR count). The van der Waals surface area contributed by atoms with Crippen LogP contribution >= 0.6 is 11.8 Å². The molecule has 6 nitrogen and oxygen atoms in total. The number of thioether (sulfide) groups is 1. The van der Waals surface area contributed by atoms with Gasteiger partial charge in [-0.2, -0.15) is 11.8 Å². The second-order valence-electron chi connectivity index (χ2n) is 3.98. The minimum Gasteiger partial charge on any atom is -0.381 e. The van der Waals surface area contributed by atoms with Gasteiger partial charge in [0.25, 0.3) is 10.0 Å². The van der Waals surface area contributed by atoms with E-state index in [1.807, 2.05) is 6.26 Å². The molecule has 0 aliphatic heterocycles. The molecule has 0 aromatic carbocycles. The van der Waals surface area contributed by atoms with Crippen molar-refractivity contribution in [3.8, 4) is 0 Å². The lowest BCUT2D eigenvalue weighted by Crippen LogP contribution is -2.27. The third kappa shape index (κ3) is 3.02. The summed E-state index contributed by atoms with van der Waals surface area (Å²) < 4.78 is 28.5. The summed E-state index contributed by atoms with van der Waals surface area (Å²) in [5, 5.41) is 0.00671. The lowest BCUT2D eigenvalue weighted by atomic mass is 10.5. The van der Waals surface area contributed by atoms with Gasteiger partial charge in [-0.05, 0) is 30.6 Å². The number of nitrogens with two attached hydrogens (primary N) is 1. The lowest BCUT2D eigenvalue weighted by molar-refractivity contribution is 0.576. The van der Waals surface area contributed by atoms with E-state index in [9.17, 15) is 8.42 Å². The van der Waals surface area contributed by atoms with Crippen LogP contribution in [0.15, 0.2) is 29.4 Å². The predicted molar refractivity (Wildman–Crippen MR) is 77.8 cm³/mol. The number of hydrogen-bond donors (Lipinski definition) is 2. The topological polar surface area (TPSA) is 89.5 Å². The minimum atomic E-state index is -3.64. The van der Waals surface area contributed by atoms with Crippen LogP contribution in [0.25, 0.3) is 5.65 Å². The van der Waals surface area contributed by atoms with Crippen molar-refractivity contribution < 1.29 is 8.42 Å². The second kappa shape index (κ2) is 5.81. The first-order chi connectivity index (χ1) is 9.06. The van der Waals surface area contributed by atoms with Crippen LogP contribution in [0.4, 0.5) is 5.82 Å². The van der Waals surface area contributed by atoms with Gasteiger partial charge in [0, 0.05) is 12.7 Å². The fraction of sp³-hybridized carbons (Fsp3) is 0.364. The van der Waals surface area contributed by atoms with Crippen molar-refractivity contribution in [2.75, 3.05) is 24.3 Å². The van der Waals surface area contributed by atoms with Crippen molar-refractivity contribution in [1.29, 1.82) is 0 Å². The Morgan fingerprint density at radius 3 is 3.00 bits per heavy atom. The van der Waals surface area contributed by atoms with Crippen LogP contribution in [-0.2, 0) is 10.0 Å². The molecule has 0 fully saturated rings. The van der Waals surface area contributed by atoms with Crippen LogP contribution in [0.1, 0.15) is 6.42 Å². The summed E-state index contributed by atoms with van der Waals surface area (Å²) in [6, 6.07) is 5.23. The number of anilines is 1. The van der Waals surface area contributed by atoms with E-state index in [2.05, 4.69) is 9.71 Å². The van der Waals surface area contributed by atoms with Crippen LogP contribution in [0.3, 0.4) is 0 Å². The summed E-state index contributed by atoms with van der Waals surface area (Å²) in [5.41, 5.74) is 6.23. The zero-order valence-electron chi connectivity index (χ0n) is 10.5. The SMILES string of the molecule is CSCCCNS(=O)(=O)c1c(N)nc2ccccn12. The second-order valence-corrected chi connectivity index (χ2v) is 6.64. The van der Waals surface area contributed by atoms with E-state index in [0.29, 0.717) is 12.2 Å². The van der Waals surface area contributed by atoms with Crippen molar-refractivity contribution in [2.45, 2.75) is 11.4 Å². The van der Waals surface area contributed by atoms with E-state index in [0.717, 1.165) is 12.2 Å². The molecule has 0 saturated carbocycles. The summed E-state index contributed by atoms with van der Waals surface area (Å²) in [6.45, 7) is 0.392. The number of aromatic nitrogens is 2. The molecule has 0 radical (unpaired) electrons. The van der Waals surface area contributed by atoms with E-state index in [1.54, 1.807) is 36.2 Å². The number of nitrogens with zero attached hydrogens (tertiary/aromatic N) is 2. The molecule has 0 atom stereocenters. The molecule has 2 aromatic heterocycles. The maximum absolute atomic E-state index is 12.2. The standard InChI is InChI=1S/C11H16N4O2S2/c1-18-8-4-6-13-19(16,17)11-10(12)14-9-5-2-3-7-15(9)11/h2-3,5,7,13H,4,6,8,12H2,1H3. The Morgan fingerprint density at radius 2 is 2.26 bits per heavy atom. The summed E-state index contributed by atoms with van der Waals surface area (Å²) in [5.74, 6) is 0.925. The Kier molecular flexibility index (Phi) is 4.33. The summed E-state index contributed by atoms with van der Waals surface area (Å²) >= 11 is 1.68. The average molecular weight is 300 g/mol. The van der Waals surface area contributed by atoms with Crippen LogP contribution in [0.2, 0.25) is 0 Å². The minimum absolute atomic E-state index is 0.00671. The molecule has 8 heteroatoms. The first kappa shape index (κ1) is 14.2. The van der Waals surface area contributed by atoms with E-state index in [4.69, 9.17) is 5.73 Å². The molecule has 0 saturated heterocycles. The third-order valence-electron chi connectivity index (χ3n) is 2.58. The number of nitrogen functional groups attached to an aromatic ring is 1. The molecule has 0 spiro atoms. The summed E-state index contributed by atoms with van der Waals surface area (Å²) in [4.78, 5) is 4.04. The third-order valence-corrected chi connectivity index (χ3v) is 4.78. The number of pyridine rings is 1. The van der Waals surface area contributed by atoms with Crippen LogP contribution < -0.4 is 10.5 Å². The summed E-state index contributed by atoms with van der Waals surface area (Å²) in [6.07, 6.45) is 4.39. The summed E-state index contributed by atoms with van der Waals surface area (Å²) in [7, 11) is -3.64. The Bertz CT molecular complexity index is 666. The van der Waals surface area contributed by atoms with Crippen molar-refractivity contribution in [2.24, 2.45) is 0 Å². The van der Waals surface area contributed by atoms with Crippen molar-refractivity contribution in [3.05, 3.63) is 24.4 Å². The average Bonchev–Trinajstić information content (AvgIpc) is 2.71. The molecule has 0 aliphatic rings. The van der Waals surface area contributed by atoms with Gasteiger partial charge in [0.05, 0.1) is 0 Å². The Morgan fingerprint density at radius 1 is 1.47 bits per heavy atom. The van der Waals surface area contributed by atoms with Gasteiger partial charge in [0.15, 0.2) is 10.8 Å². The highest BCUT2D eigenvalue weighted by atomic mass is 32.2. The number of fused-ring (bicyclic) bond motifs is 1. The largest absolute Gasteiger partial charge is 0.381 e. The van der Waals surface area contributed by atoms with Gasteiger partial charge in [-0.25, -0.2) is 18.1 Å². The molecule has 2 aromatic rings. The first-order valence-electron chi connectivity index (χ1n) is 5.77. The van der Waals surface area contributed by atoms with E-state index >= 15 is 0 Å². The normalized spacial score (nSPS) is 12.1. The maximum Gasteiger partial charge on any atom is 0.260 e. The van der Waals surface area contributed by atoms with E-state index < -0.39 is 10.0 Å². The van der Waals surface area contributed by atoms with Gasteiger partial charge in [-0.1, -0.05) is 6.07 Å². The van der Waals surface area contributed by atoms with Gasteiger partial charge >= 0.3 is 0 Å². The smallest absolute Gasteiger partial charge is 0.260 e. The van der Waals surface area contributed by atoms with Crippen LogP contribution in [-0.4, -0.2) is 36.4 Å². The number of nitrogens with one attached hydrogen (secondary N) is 1. The van der Waals surface area contributed by atoms with Gasteiger partial charge in [-0.3, -0.25) is 4.40 Å². The van der Waals surface area contributed by atoms with E-state index in [-0.39, 0.29) is 10.8 Å². The maximum atomic E-state index is 12.2. The highest BCUT2D eigenvalue weighted by Gasteiger charge is 2.22. The number of imidazole rings is 1. The number of rotatable bonds is 6. The van der Waals surface area contributed by atoms with Crippen molar-refractivity contribution >= 4 is 33.3 Å². The Labute approximate surface area is 116 Å². The van der Waals surface area contributed by atoms with Crippen molar-refractivity contribution in [3.63, 3.8) is 0 Å². The molecule has 2 heterocycles. The fourth-order valence-corrected chi connectivity index (χ4v) is 3.47. The predicted octanol–water partition coefficient (Wildman–Crippen LogP) is 0.948. The lowest BCUT2D eigenvalue weighted by Gasteiger charge is -2.06. The first-order valence-corrected chi connectivity index (χ1v) is 8.65. The zero-order chi connectivity index (χ0) is 13.9. The molecule has 0 aliphatic carbocycles. The molecule has 19 heavy (non-hydrogen) atoms. The van der Waals surface area contributed by atoms with Crippen molar-refractivity contribution in [1.82, 2.24) is 14.1 Å². The quantitative estimate of drug-likeness (QED) is 0.775. The molecule has 104 valence electrons. The molecule has 0 unspecified atom stereocenters. The zero-order valence-corrected chi connectivity index (χ0v) is 12.2. The van der Waals surface area contributed by atoms with Gasteiger partial charge in [-0.15, -0.1) is 0 Å². The molecule has 0 amide bonds. The van der Waals surface area contributed by atoms with Crippen LogP contribution in [0.5, 0.6) is 0 Å². The van der Waals surface area contributed by atoms with Crippen LogP contribution in [0, 0.1) is 0 Å². The monoisotopic (exact) mass is 300 g/mol. The number of sulfonamides is 1. The van der Waals surface area contributed by atoms with Gasteiger partial charge in [0.1, 0.15) is 5.65 Å². The van der Waals surface area contributed by atoms with E-state index in [1.165, 1.54) is 4.40 Å². The molecule has 0 bridgehead atoms. The van der Waals surface area contributed by atoms with Gasteiger partial charge in [0.2, 0.25) is 0 Å². The molecular weight excluding hydrogens is 284 g/mol.